The lowest BCUT2D eigenvalue weighted by Crippen LogP contribution is -2.38. The summed E-state index contributed by atoms with van der Waals surface area (Å²) < 4.78 is 0. The predicted octanol–water partition coefficient (Wildman–Crippen LogP) is 0.937. The number of fused-ring (bicyclic) bond motifs is 2. The molecule has 4 unspecified atom stereocenters. The summed E-state index contributed by atoms with van der Waals surface area (Å²) in [6.07, 6.45) is 2.43. The fourth-order valence-electron chi connectivity index (χ4n) is 3.06. The van der Waals surface area contributed by atoms with E-state index in [0.29, 0.717) is 23.8 Å². The molecule has 1 aromatic rings. The Kier molecular flexibility index (Phi) is 1.97. The molecule has 0 spiro atoms. The molecule has 3 heteroatoms. The fourth-order valence-corrected chi connectivity index (χ4v) is 3.06. The van der Waals surface area contributed by atoms with E-state index in [1.54, 1.807) is 12.1 Å². The Bertz CT molecular complexity index is 360. The monoisotopic (exact) mass is 204 g/mol. The molecule has 2 aliphatic rings. The van der Waals surface area contributed by atoms with E-state index < -0.39 is 0 Å². The number of aromatic hydroxyl groups is 1. The first-order valence-corrected chi connectivity index (χ1v) is 5.56. The summed E-state index contributed by atoms with van der Waals surface area (Å²) in [6, 6.07) is 8.73. The van der Waals surface area contributed by atoms with Gasteiger partial charge in [-0.25, -0.2) is 0 Å². The molecule has 4 N–H and O–H groups in total. The van der Waals surface area contributed by atoms with Gasteiger partial charge >= 0.3 is 0 Å². The van der Waals surface area contributed by atoms with Crippen molar-refractivity contribution >= 4 is 0 Å². The summed E-state index contributed by atoms with van der Waals surface area (Å²) in [5.41, 5.74) is 7.46. The van der Waals surface area contributed by atoms with Crippen LogP contribution in [0.4, 0.5) is 0 Å². The molecule has 2 fully saturated rings. The van der Waals surface area contributed by atoms with Gasteiger partial charge < -0.3 is 16.2 Å². The molecule has 4 atom stereocenters. The maximum atomic E-state index is 9.25. The van der Waals surface area contributed by atoms with Crippen LogP contribution in [0.3, 0.4) is 0 Å². The molecule has 0 saturated carbocycles. The maximum Gasteiger partial charge on any atom is 0.115 e. The second-order valence-corrected chi connectivity index (χ2v) is 4.65. The topological polar surface area (TPSA) is 58.3 Å². The average Bonchev–Trinajstić information content (AvgIpc) is 2.80. The number of rotatable bonds is 1. The van der Waals surface area contributed by atoms with Gasteiger partial charge in [-0.2, -0.15) is 0 Å². The van der Waals surface area contributed by atoms with Crippen molar-refractivity contribution in [2.24, 2.45) is 5.73 Å². The molecule has 0 aliphatic carbocycles. The molecule has 15 heavy (non-hydrogen) atoms. The van der Waals surface area contributed by atoms with E-state index in [9.17, 15) is 5.11 Å². The fraction of sp³-hybridized carbons (Fsp3) is 0.500. The van der Waals surface area contributed by atoms with E-state index in [-0.39, 0.29) is 6.04 Å². The third-order valence-electron chi connectivity index (χ3n) is 3.81. The van der Waals surface area contributed by atoms with Gasteiger partial charge in [0.15, 0.2) is 0 Å². The summed E-state index contributed by atoms with van der Waals surface area (Å²) in [5, 5.41) is 12.8. The minimum Gasteiger partial charge on any atom is -0.508 e. The van der Waals surface area contributed by atoms with Gasteiger partial charge in [0.05, 0.1) is 0 Å². The average molecular weight is 204 g/mol. The van der Waals surface area contributed by atoms with Crippen LogP contribution in [0.1, 0.15) is 24.3 Å². The van der Waals surface area contributed by atoms with Gasteiger partial charge in [-0.1, -0.05) is 12.1 Å². The Balaban J connectivity index is 1.91. The second kappa shape index (κ2) is 3.22. The van der Waals surface area contributed by atoms with Gasteiger partial charge in [-0.3, -0.25) is 0 Å². The van der Waals surface area contributed by atoms with Crippen molar-refractivity contribution in [2.45, 2.75) is 36.9 Å². The van der Waals surface area contributed by atoms with Crippen LogP contribution >= 0.6 is 0 Å². The molecule has 2 heterocycles. The van der Waals surface area contributed by atoms with E-state index in [4.69, 9.17) is 5.73 Å². The van der Waals surface area contributed by atoms with Gasteiger partial charge in [0.1, 0.15) is 5.75 Å². The Morgan fingerprint density at radius 3 is 2.40 bits per heavy atom. The molecule has 0 amide bonds. The molecule has 3 rings (SSSR count). The summed E-state index contributed by atoms with van der Waals surface area (Å²) in [4.78, 5) is 0. The Morgan fingerprint density at radius 1 is 1.13 bits per heavy atom. The molecular weight excluding hydrogens is 188 g/mol. The van der Waals surface area contributed by atoms with E-state index in [1.807, 2.05) is 12.1 Å². The highest BCUT2D eigenvalue weighted by atomic mass is 16.3. The third kappa shape index (κ3) is 1.34. The van der Waals surface area contributed by atoms with Crippen molar-refractivity contribution in [1.82, 2.24) is 5.32 Å². The number of hydrogen-bond donors (Lipinski definition) is 3. The normalized spacial score (nSPS) is 38.5. The van der Waals surface area contributed by atoms with Crippen LogP contribution in [0.5, 0.6) is 5.75 Å². The largest absolute Gasteiger partial charge is 0.508 e. The number of phenols is 1. The van der Waals surface area contributed by atoms with Crippen molar-refractivity contribution in [3.8, 4) is 5.75 Å². The van der Waals surface area contributed by atoms with Crippen LogP contribution in [0.2, 0.25) is 0 Å². The highest BCUT2D eigenvalue weighted by Crippen LogP contribution is 2.39. The van der Waals surface area contributed by atoms with Crippen LogP contribution in [-0.4, -0.2) is 23.2 Å². The second-order valence-electron chi connectivity index (χ2n) is 4.65. The predicted molar refractivity (Wildman–Crippen MR) is 58.8 cm³/mol. The summed E-state index contributed by atoms with van der Waals surface area (Å²) >= 11 is 0. The third-order valence-corrected chi connectivity index (χ3v) is 3.81. The Labute approximate surface area is 89.3 Å². The van der Waals surface area contributed by atoms with E-state index >= 15 is 0 Å². The number of hydrogen-bond acceptors (Lipinski definition) is 3. The maximum absolute atomic E-state index is 9.25. The van der Waals surface area contributed by atoms with Gasteiger partial charge in [-0.15, -0.1) is 0 Å². The van der Waals surface area contributed by atoms with Crippen molar-refractivity contribution in [3.05, 3.63) is 29.8 Å². The first kappa shape index (κ1) is 9.19. The summed E-state index contributed by atoms with van der Waals surface area (Å²) in [5.74, 6) is 0.743. The van der Waals surface area contributed by atoms with Gasteiger partial charge in [0.2, 0.25) is 0 Å². The SMILES string of the molecule is NC1C2CCC(N2)C1c1ccc(O)cc1. The smallest absolute Gasteiger partial charge is 0.115 e. The number of benzene rings is 1. The molecule has 0 aromatic heterocycles. The van der Waals surface area contributed by atoms with E-state index in [1.165, 1.54) is 18.4 Å². The minimum absolute atomic E-state index is 0.230. The highest BCUT2D eigenvalue weighted by molar-refractivity contribution is 5.33. The van der Waals surface area contributed by atoms with Crippen molar-refractivity contribution < 1.29 is 5.11 Å². The van der Waals surface area contributed by atoms with Gasteiger partial charge in [-0.05, 0) is 30.5 Å². The van der Waals surface area contributed by atoms with Crippen molar-refractivity contribution in [1.29, 1.82) is 0 Å². The zero-order chi connectivity index (χ0) is 10.4. The molecule has 2 bridgehead atoms. The van der Waals surface area contributed by atoms with E-state index in [2.05, 4.69) is 5.32 Å². The molecule has 3 nitrogen and oxygen atoms in total. The van der Waals surface area contributed by atoms with Crippen LogP contribution in [0.25, 0.3) is 0 Å². The highest BCUT2D eigenvalue weighted by Gasteiger charge is 2.45. The van der Waals surface area contributed by atoms with Crippen molar-refractivity contribution in [3.63, 3.8) is 0 Å². The van der Waals surface area contributed by atoms with Crippen LogP contribution in [0.15, 0.2) is 24.3 Å². The zero-order valence-electron chi connectivity index (χ0n) is 8.56. The first-order valence-electron chi connectivity index (χ1n) is 5.56. The van der Waals surface area contributed by atoms with Gasteiger partial charge in [0, 0.05) is 24.0 Å². The van der Waals surface area contributed by atoms with E-state index in [0.717, 1.165) is 0 Å². The molecule has 80 valence electrons. The van der Waals surface area contributed by atoms with Crippen LogP contribution in [-0.2, 0) is 0 Å². The molecule has 1 aromatic carbocycles. The molecule has 2 aliphatic heterocycles. The zero-order valence-corrected chi connectivity index (χ0v) is 8.56. The quantitative estimate of drug-likeness (QED) is 0.638. The van der Waals surface area contributed by atoms with Crippen LogP contribution < -0.4 is 11.1 Å². The Hall–Kier alpha value is -1.06. The first-order chi connectivity index (χ1) is 7.25. The van der Waals surface area contributed by atoms with Crippen molar-refractivity contribution in [2.75, 3.05) is 0 Å². The van der Waals surface area contributed by atoms with Crippen LogP contribution in [0, 0.1) is 0 Å². The lowest BCUT2D eigenvalue weighted by Gasteiger charge is -2.26. The number of nitrogens with two attached hydrogens (primary N) is 1. The number of phenolic OH excluding ortho intramolecular Hbond substituents is 1. The molecule has 0 radical (unpaired) electrons. The molecule has 2 saturated heterocycles. The molecular formula is C12H16N2O. The number of nitrogens with one attached hydrogen (secondary N) is 1. The standard InChI is InChI=1S/C12H16N2O/c13-12-10-6-5-9(14-10)11(12)7-1-3-8(15)4-2-7/h1-4,9-12,14-15H,5-6,13H2. The lowest BCUT2D eigenvalue weighted by atomic mass is 9.80. The Morgan fingerprint density at radius 2 is 1.80 bits per heavy atom. The lowest BCUT2D eigenvalue weighted by molar-refractivity contribution is 0.442. The minimum atomic E-state index is 0.230. The summed E-state index contributed by atoms with van der Waals surface area (Å²) in [7, 11) is 0. The summed E-state index contributed by atoms with van der Waals surface area (Å²) in [6.45, 7) is 0. The van der Waals surface area contributed by atoms with Gasteiger partial charge in [0.25, 0.3) is 0 Å².